The quantitative estimate of drug-likeness (QED) is 0.595. The van der Waals surface area contributed by atoms with E-state index in [1.165, 1.54) is 0 Å². The van der Waals surface area contributed by atoms with Crippen molar-refractivity contribution >= 4 is 5.71 Å². The van der Waals surface area contributed by atoms with Gasteiger partial charge in [-0.05, 0) is 19.4 Å². The van der Waals surface area contributed by atoms with E-state index in [0.717, 1.165) is 43.1 Å². The SMILES string of the molecule is CC(C)(/C(=N/OCc1ccccc1)c1ccccc1)N1CCOCC1. The molecule has 0 unspecified atom stereocenters. The van der Waals surface area contributed by atoms with E-state index < -0.39 is 0 Å². The summed E-state index contributed by atoms with van der Waals surface area (Å²) in [5.74, 6) is 0. The van der Waals surface area contributed by atoms with Crippen LogP contribution in [0.5, 0.6) is 0 Å². The van der Waals surface area contributed by atoms with Crippen molar-refractivity contribution < 1.29 is 9.57 Å². The fourth-order valence-corrected chi connectivity index (χ4v) is 3.13. The van der Waals surface area contributed by atoms with Crippen LogP contribution < -0.4 is 0 Å². The number of rotatable bonds is 6. The first kappa shape index (κ1) is 17.6. The number of hydrogen-bond donors (Lipinski definition) is 0. The van der Waals surface area contributed by atoms with E-state index in [9.17, 15) is 0 Å². The molecule has 1 heterocycles. The lowest BCUT2D eigenvalue weighted by atomic mass is 9.90. The first-order valence-electron chi connectivity index (χ1n) is 8.80. The molecule has 1 aliphatic rings. The zero-order valence-corrected chi connectivity index (χ0v) is 15.0. The molecule has 4 heteroatoms. The molecule has 1 saturated heterocycles. The molecule has 1 fully saturated rings. The normalized spacial score (nSPS) is 16.6. The van der Waals surface area contributed by atoms with Gasteiger partial charge in [-0.25, -0.2) is 0 Å². The predicted octanol–water partition coefficient (Wildman–Crippen LogP) is 3.72. The average Bonchev–Trinajstić information content (AvgIpc) is 2.67. The Kier molecular flexibility index (Phi) is 5.84. The van der Waals surface area contributed by atoms with E-state index in [2.05, 4.69) is 36.0 Å². The Hall–Kier alpha value is -2.17. The maximum Gasteiger partial charge on any atom is 0.142 e. The van der Waals surface area contributed by atoms with Gasteiger partial charge in [0, 0.05) is 18.7 Å². The minimum atomic E-state index is -0.234. The number of ether oxygens (including phenoxy) is 1. The van der Waals surface area contributed by atoms with E-state index in [4.69, 9.17) is 9.57 Å². The molecule has 2 aromatic rings. The molecule has 0 spiro atoms. The van der Waals surface area contributed by atoms with Gasteiger partial charge >= 0.3 is 0 Å². The number of hydrogen-bond acceptors (Lipinski definition) is 4. The van der Waals surface area contributed by atoms with E-state index in [1.54, 1.807) is 0 Å². The summed E-state index contributed by atoms with van der Waals surface area (Å²) in [7, 11) is 0. The Morgan fingerprint density at radius 3 is 2.24 bits per heavy atom. The second-order valence-electron chi connectivity index (χ2n) is 6.72. The maximum absolute atomic E-state index is 5.74. The summed E-state index contributed by atoms with van der Waals surface area (Å²) in [5, 5.41) is 4.57. The minimum absolute atomic E-state index is 0.234. The van der Waals surface area contributed by atoms with Gasteiger partial charge < -0.3 is 9.57 Å². The fourth-order valence-electron chi connectivity index (χ4n) is 3.13. The highest BCUT2D eigenvalue weighted by atomic mass is 16.6. The van der Waals surface area contributed by atoms with Gasteiger partial charge in [-0.3, -0.25) is 4.90 Å². The van der Waals surface area contributed by atoms with Gasteiger partial charge in [0.05, 0.1) is 18.8 Å². The molecule has 3 rings (SSSR count). The van der Waals surface area contributed by atoms with Gasteiger partial charge in [-0.1, -0.05) is 65.8 Å². The van der Waals surface area contributed by atoms with Crippen molar-refractivity contribution in [2.45, 2.75) is 26.0 Å². The summed E-state index contributed by atoms with van der Waals surface area (Å²) in [6.07, 6.45) is 0. The molecule has 0 atom stereocenters. The van der Waals surface area contributed by atoms with Crippen molar-refractivity contribution in [3.8, 4) is 0 Å². The Bertz CT molecular complexity index is 678. The third-order valence-electron chi connectivity index (χ3n) is 4.66. The molecule has 4 nitrogen and oxygen atoms in total. The Balaban J connectivity index is 1.83. The lowest BCUT2D eigenvalue weighted by Crippen LogP contribution is -2.54. The highest BCUT2D eigenvalue weighted by Crippen LogP contribution is 2.23. The van der Waals surface area contributed by atoms with Crippen LogP contribution in [0.4, 0.5) is 0 Å². The van der Waals surface area contributed by atoms with Crippen LogP contribution in [0.2, 0.25) is 0 Å². The number of nitrogens with zero attached hydrogens (tertiary/aromatic N) is 2. The second kappa shape index (κ2) is 8.28. The largest absolute Gasteiger partial charge is 0.391 e. The maximum atomic E-state index is 5.74. The number of morpholine rings is 1. The van der Waals surface area contributed by atoms with Crippen LogP contribution in [0.15, 0.2) is 65.8 Å². The highest BCUT2D eigenvalue weighted by molar-refractivity contribution is 6.06. The fraction of sp³-hybridized carbons (Fsp3) is 0.381. The summed E-state index contributed by atoms with van der Waals surface area (Å²) in [4.78, 5) is 8.15. The smallest absolute Gasteiger partial charge is 0.142 e. The first-order chi connectivity index (χ1) is 12.2. The van der Waals surface area contributed by atoms with Crippen LogP contribution in [0.1, 0.15) is 25.0 Å². The third kappa shape index (κ3) is 4.47. The summed E-state index contributed by atoms with van der Waals surface area (Å²) >= 11 is 0. The van der Waals surface area contributed by atoms with Crippen molar-refractivity contribution in [1.29, 1.82) is 0 Å². The van der Waals surface area contributed by atoms with Crippen LogP contribution >= 0.6 is 0 Å². The molecule has 0 N–H and O–H groups in total. The number of oxime groups is 1. The zero-order valence-electron chi connectivity index (χ0n) is 15.0. The standard InChI is InChI=1S/C21H26N2O2/c1-21(2,23-13-15-24-16-14-23)20(19-11-7-4-8-12-19)22-25-17-18-9-5-3-6-10-18/h3-12H,13-17H2,1-2H3/b22-20+. The molecular weight excluding hydrogens is 312 g/mol. The van der Waals surface area contributed by atoms with Crippen LogP contribution in [0.3, 0.4) is 0 Å². The second-order valence-corrected chi connectivity index (χ2v) is 6.72. The Morgan fingerprint density at radius 1 is 1.00 bits per heavy atom. The van der Waals surface area contributed by atoms with Crippen molar-refractivity contribution in [2.24, 2.45) is 5.16 Å². The van der Waals surface area contributed by atoms with Gasteiger partial charge in [0.15, 0.2) is 0 Å². The molecular formula is C21H26N2O2. The van der Waals surface area contributed by atoms with Crippen molar-refractivity contribution in [3.63, 3.8) is 0 Å². The average molecular weight is 338 g/mol. The lowest BCUT2D eigenvalue weighted by Gasteiger charge is -2.41. The molecule has 0 amide bonds. The zero-order chi connectivity index (χ0) is 17.5. The molecule has 25 heavy (non-hydrogen) atoms. The third-order valence-corrected chi connectivity index (χ3v) is 4.66. The lowest BCUT2D eigenvalue weighted by molar-refractivity contribution is 0.00862. The monoisotopic (exact) mass is 338 g/mol. The van der Waals surface area contributed by atoms with E-state index in [0.29, 0.717) is 6.61 Å². The molecule has 0 radical (unpaired) electrons. The Labute approximate surface area is 150 Å². The number of benzene rings is 2. The summed E-state index contributed by atoms with van der Waals surface area (Å²) in [6, 6.07) is 20.4. The van der Waals surface area contributed by atoms with Crippen LogP contribution in [-0.2, 0) is 16.2 Å². The molecule has 0 bridgehead atoms. The van der Waals surface area contributed by atoms with Crippen LogP contribution in [0, 0.1) is 0 Å². The highest BCUT2D eigenvalue weighted by Gasteiger charge is 2.34. The van der Waals surface area contributed by atoms with Gasteiger partial charge in [0.25, 0.3) is 0 Å². The topological polar surface area (TPSA) is 34.1 Å². The minimum Gasteiger partial charge on any atom is -0.391 e. The van der Waals surface area contributed by atoms with E-state index >= 15 is 0 Å². The predicted molar refractivity (Wildman–Crippen MR) is 101 cm³/mol. The van der Waals surface area contributed by atoms with E-state index in [-0.39, 0.29) is 5.54 Å². The Morgan fingerprint density at radius 2 is 1.60 bits per heavy atom. The van der Waals surface area contributed by atoms with Crippen molar-refractivity contribution in [3.05, 3.63) is 71.8 Å². The van der Waals surface area contributed by atoms with E-state index in [1.807, 2.05) is 48.5 Å². The van der Waals surface area contributed by atoms with Gasteiger partial charge in [-0.2, -0.15) is 0 Å². The molecule has 0 aromatic heterocycles. The summed E-state index contributed by atoms with van der Waals surface area (Å²) in [6.45, 7) is 8.20. The molecule has 0 saturated carbocycles. The molecule has 132 valence electrons. The van der Waals surface area contributed by atoms with Crippen LogP contribution in [-0.4, -0.2) is 42.5 Å². The van der Waals surface area contributed by atoms with Crippen molar-refractivity contribution in [1.82, 2.24) is 4.90 Å². The van der Waals surface area contributed by atoms with Gasteiger partial charge in [0.2, 0.25) is 0 Å². The molecule has 1 aliphatic heterocycles. The first-order valence-corrected chi connectivity index (χ1v) is 8.80. The van der Waals surface area contributed by atoms with Crippen molar-refractivity contribution in [2.75, 3.05) is 26.3 Å². The van der Waals surface area contributed by atoms with Crippen LogP contribution in [0.25, 0.3) is 0 Å². The molecule has 2 aromatic carbocycles. The molecule has 0 aliphatic carbocycles. The van der Waals surface area contributed by atoms with Gasteiger partial charge in [-0.15, -0.1) is 0 Å². The summed E-state index contributed by atoms with van der Waals surface area (Å²) < 4.78 is 5.51. The summed E-state index contributed by atoms with van der Waals surface area (Å²) in [5.41, 5.74) is 2.92. The van der Waals surface area contributed by atoms with Gasteiger partial charge in [0.1, 0.15) is 12.3 Å².